The number of hydrogen-bond donors (Lipinski definition) is 3. The molecule has 0 fully saturated rings. The Morgan fingerprint density at radius 1 is 1.11 bits per heavy atom. The van der Waals surface area contributed by atoms with Crippen molar-refractivity contribution in [3.63, 3.8) is 0 Å². The maximum absolute atomic E-state index is 12.1. The van der Waals surface area contributed by atoms with Crippen molar-refractivity contribution in [2.45, 2.75) is 4.90 Å². The summed E-state index contributed by atoms with van der Waals surface area (Å²) in [5.41, 5.74) is 4.70. The smallest absolute Gasteiger partial charge is 0.255 e. The van der Waals surface area contributed by atoms with Crippen molar-refractivity contribution < 1.29 is 4.79 Å². The van der Waals surface area contributed by atoms with E-state index in [4.69, 9.17) is 5.84 Å². The quantitative estimate of drug-likeness (QED) is 0.455. The summed E-state index contributed by atoms with van der Waals surface area (Å²) in [4.78, 5) is 13.1. The van der Waals surface area contributed by atoms with Crippen LogP contribution in [0, 0.1) is 0 Å². The maximum atomic E-state index is 12.1. The number of hydrogen-bond acceptors (Lipinski definition) is 4. The average molecular weight is 273 g/mol. The molecule has 5 heteroatoms. The number of nitrogens with one attached hydrogen (secondary N) is 2. The van der Waals surface area contributed by atoms with Crippen LogP contribution in [0.2, 0.25) is 0 Å². The number of amides is 1. The molecule has 0 aliphatic heterocycles. The number of para-hydroxylation sites is 1. The second kappa shape index (κ2) is 6.26. The number of carbonyl (C=O) groups is 1. The summed E-state index contributed by atoms with van der Waals surface area (Å²) in [7, 11) is 0. The normalized spacial score (nSPS) is 10.0. The molecule has 0 spiro atoms. The fraction of sp³-hybridized carbons (Fsp3) is 0.0714. The lowest BCUT2D eigenvalue weighted by atomic mass is 10.2. The molecule has 0 heterocycles. The molecule has 0 radical (unpaired) electrons. The zero-order valence-corrected chi connectivity index (χ0v) is 11.3. The molecule has 19 heavy (non-hydrogen) atoms. The minimum Gasteiger partial charge on any atom is -0.324 e. The van der Waals surface area contributed by atoms with Gasteiger partial charge in [-0.15, -0.1) is 11.8 Å². The Labute approximate surface area is 116 Å². The zero-order chi connectivity index (χ0) is 13.7. The van der Waals surface area contributed by atoms with Crippen LogP contribution in [0.25, 0.3) is 0 Å². The van der Waals surface area contributed by atoms with Crippen LogP contribution in [0.3, 0.4) is 0 Å². The van der Waals surface area contributed by atoms with Crippen LogP contribution in [0.5, 0.6) is 0 Å². The fourth-order valence-corrected chi connectivity index (χ4v) is 2.21. The monoisotopic (exact) mass is 273 g/mol. The van der Waals surface area contributed by atoms with E-state index >= 15 is 0 Å². The van der Waals surface area contributed by atoms with Crippen molar-refractivity contribution >= 4 is 29.0 Å². The number of rotatable bonds is 4. The van der Waals surface area contributed by atoms with Gasteiger partial charge in [-0.1, -0.05) is 12.1 Å². The van der Waals surface area contributed by atoms with Crippen LogP contribution in [0.1, 0.15) is 10.4 Å². The van der Waals surface area contributed by atoms with Gasteiger partial charge in [0.2, 0.25) is 0 Å². The third-order valence-electron chi connectivity index (χ3n) is 2.67. The van der Waals surface area contributed by atoms with E-state index in [1.807, 2.05) is 30.5 Å². The van der Waals surface area contributed by atoms with E-state index in [9.17, 15) is 4.79 Å². The van der Waals surface area contributed by atoms with Gasteiger partial charge in [-0.05, 0) is 42.7 Å². The molecule has 4 nitrogen and oxygen atoms in total. The van der Waals surface area contributed by atoms with Crippen LogP contribution in [0.4, 0.5) is 11.4 Å². The van der Waals surface area contributed by atoms with Crippen LogP contribution in [-0.2, 0) is 0 Å². The summed E-state index contributed by atoms with van der Waals surface area (Å²) < 4.78 is 0. The first kappa shape index (κ1) is 13.5. The van der Waals surface area contributed by atoms with Crippen LogP contribution in [0.15, 0.2) is 53.4 Å². The molecule has 1 amide bonds. The van der Waals surface area contributed by atoms with Gasteiger partial charge in [-0.3, -0.25) is 10.6 Å². The lowest BCUT2D eigenvalue weighted by Crippen LogP contribution is -2.13. The molecule has 0 atom stereocenters. The van der Waals surface area contributed by atoms with Gasteiger partial charge in [-0.2, -0.15) is 0 Å². The minimum atomic E-state index is -0.134. The van der Waals surface area contributed by atoms with Crippen molar-refractivity contribution in [2.24, 2.45) is 5.84 Å². The Bertz CT molecular complexity index is 569. The first-order valence-corrected chi connectivity index (χ1v) is 6.98. The molecular weight excluding hydrogens is 258 g/mol. The Morgan fingerprint density at radius 2 is 1.79 bits per heavy atom. The van der Waals surface area contributed by atoms with Crippen molar-refractivity contribution in [3.05, 3.63) is 54.1 Å². The fourth-order valence-electron chi connectivity index (χ4n) is 1.66. The number of hydrazine groups is 1. The number of nitrogens with two attached hydrogens (primary N) is 1. The third-order valence-corrected chi connectivity index (χ3v) is 3.46. The molecule has 2 aromatic carbocycles. The van der Waals surface area contributed by atoms with Crippen LogP contribution >= 0.6 is 11.8 Å². The highest BCUT2D eigenvalue weighted by molar-refractivity contribution is 7.98. The molecule has 4 N–H and O–H groups in total. The summed E-state index contributed by atoms with van der Waals surface area (Å²) in [6.07, 6.45) is 1.98. The standard InChI is InChI=1S/C14H15N3OS/c1-19-13-5-3-2-4-12(13)16-14(18)10-6-8-11(17-15)9-7-10/h2-9,17H,15H2,1H3,(H,16,18). The maximum Gasteiger partial charge on any atom is 0.255 e. The number of benzene rings is 2. The lowest BCUT2D eigenvalue weighted by molar-refractivity contribution is 0.102. The SMILES string of the molecule is CSc1ccccc1NC(=O)c1ccc(NN)cc1. The first-order chi connectivity index (χ1) is 9.24. The molecule has 0 saturated carbocycles. The summed E-state index contributed by atoms with van der Waals surface area (Å²) >= 11 is 1.60. The minimum absolute atomic E-state index is 0.134. The molecule has 0 aliphatic rings. The highest BCUT2D eigenvalue weighted by Gasteiger charge is 2.08. The summed E-state index contributed by atoms with van der Waals surface area (Å²) in [5, 5.41) is 2.90. The zero-order valence-electron chi connectivity index (χ0n) is 10.5. The number of anilines is 2. The molecule has 98 valence electrons. The molecular formula is C14H15N3OS. The van der Waals surface area contributed by atoms with E-state index in [-0.39, 0.29) is 5.91 Å². The van der Waals surface area contributed by atoms with Crippen LogP contribution in [-0.4, -0.2) is 12.2 Å². The van der Waals surface area contributed by atoms with Crippen molar-refractivity contribution in [3.8, 4) is 0 Å². The van der Waals surface area contributed by atoms with Gasteiger partial charge in [0, 0.05) is 16.1 Å². The van der Waals surface area contributed by atoms with Crippen molar-refractivity contribution in [1.82, 2.24) is 0 Å². The van der Waals surface area contributed by atoms with E-state index in [0.29, 0.717) is 5.56 Å². The van der Waals surface area contributed by atoms with Gasteiger partial charge in [-0.25, -0.2) is 0 Å². The topological polar surface area (TPSA) is 67.2 Å². The lowest BCUT2D eigenvalue weighted by Gasteiger charge is -2.09. The van der Waals surface area contributed by atoms with Gasteiger partial charge in [0.15, 0.2) is 0 Å². The van der Waals surface area contributed by atoms with Crippen molar-refractivity contribution in [2.75, 3.05) is 17.0 Å². The predicted molar refractivity (Wildman–Crippen MR) is 80.4 cm³/mol. The molecule has 0 saturated heterocycles. The predicted octanol–water partition coefficient (Wildman–Crippen LogP) is 2.95. The third kappa shape index (κ3) is 3.27. The van der Waals surface area contributed by atoms with Gasteiger partial charge >= 0.3 is 0 Å². The average Bonchev–Trinajstić information content (AvgIpc) is 2.48. The van der Waals surface area contributed by atoms with E-state index in [2.05, 4.69) is 10.7 Å². The molecule has 2 rings (SSSR count). The largest absolute Gasteiger partial charge is 0.324 e. The van der Waals surface area contributed by atoms with Crippen LogP contribution < -0.4 is 16.6 Å². The van der Waals surface area contributed by atoms with E-state index in [1.165, 1.54) is 0 Å². The van der Waals surface area contributed by atoms with E-state index < -0.39 is 0 Å². The molecule has 2 aromatic rings. The van der Waals surface area contributed by atoms with Gasteiger partial charge in [0.1, 0.15) is 0 Å². The Balaban J connectivity index is 2.16. The number of nitrogen functional groups attached to an aromatic ring is 1. The molecule has 0 bridgehead atoms. The highest BCUT2D eigenvalue weighted by atomic mass is 32.2. The summed E-state index contributed by atoms with van der Waals surface area (Å²) in [6, 6.07) is 14.7. The van der Waals surface area contributed by atoms with Gasteiger partial charge in [0.25, 0.3) is 5.91 Å². The highest BCUT2D eigenvalue weighted by Crippen LogP contribution is 2.25. The molecule has 0 aromatic heterocycles. The van der Waals surface area contributed by atoms with E-state index in [1.54, 1.807) is 36.0 Å². The Kier molecular flexibility index (Phi) is 4.43. The van der Waals surface area contributed by atoms with Gasteiger partial charge < -0.3 is 10.7 Å². The second-order valence-electron chi connectivity index (χ2n) is 3.88. The summed E-state index contributed by atoms with van der Waals surface area (Å²) in [6.45, 7) is 0. The number of thioether (sulfide) groups is 1. The summed E-state index contributed by atoms with van der Waals surface area (Å²) in [5.74, 6) is 5.15. The number of carbonyl (C=O) groups excluding carboxylic acids is 1. The molecule has 0 aliphatic carbocycles. The Morgan fingerprint density at radius 3 is 2.42 bits per heavy atom. The first-order valence-electron chi connectivity index (χ1n) is 5.75. The van der Waals surface area contributed by atoms with Crippen molar-refractivity contribution in [1.29, 1.82) is 0 Å². The van der Waals surface area contributed by atoms with Gasteiger partial charge in [0.05, 0.1) is 5.69 Å². The second-order valence-corrected chi connectivity index (χ2v) is 4.72. The molecule has 0 unspecified atom stereocenters. The Hall–Kier alpha value is -1.98. The van der Waals surface area contributed by atoms with E-state index in [0.717, 1.165) is 16.3 Å².